The molecular formula is C16H16N6O3. The van der Waals surface area contributed by atoms with E-state index in [-0.39, 0.29) is 17.6 Å². The smallest absolute Gasteiger partial charge is 0.276 e. The number of hydrogen-bond donors (Lipinski definition) is 2. The zero-order chi connectivity index (χ0) is 17.4. The number of aliphatic hydroxyl groups is 1. The minimum atomic E-state index is -0.473. The average Bonchev–Trinajstić information content (AvgIpc) is 3.31. The number of aromatic nitrogens is 5. The van der Waals surface area contributed by atoms with Gasteiger partial charge in [0.1, 0.15) is 6.26 Å². The molecule has 128 valence electrons. The summed E-state index contributed by atoms with van der Waals surface area (Å²) in [5.41, 5.74) is 2.48. The van der Waals surface area contributed by atoms with Gasteiger partial charge >= 0.3 is 0 Å². The van der Waals surface area contributed by atoms with Crippen LogP contribution in [0.5, 0.6) is 0 Å². The van der Waals surface area contributed by atoms with Gasteiger partial charge in [-0.1, -0.05) is 0 Å². The molecule has 3 aromatic heterocycles. The van der Waals surface area contributed by atoms with E-state index in [2.05, 4.69) is 25.4 Å². The third-order valence-corrected chi connectivity index (χ3v) is 4.31. The van der Waals surface area contributed by atoms with Crippen molar-refractivity contribution < 1.29 is 14.3 Å². The van der Waals surface area contributed by atoms with Crippen molar-refractivity contribution in [2.75, 3.05) is 6.54 Å². The number of rotatable bonds is 4. The van der Waals surface area contributed by atoms with Crippen molar-refractivity contribution in [3.63, 3.8) is 0 Å². The van der Waals surface area contributed by atoms with Crippen molar-refractivity contribution in [3.8, 4) is 11.3 Å². The standard InChI is InChI=1S/C16H16N6O3/c1-9-14(23)7-22(9)16(24)13-8-25-15(19-13)4-11-2-3-12(21-20-11)10-5-17-18-6-10/h2-3,5-6,8-9,14,23H,4,7H2,1H3,(H,17,18). The minimum absolute atomic E-state index is 0.200. The second-order valence-electron chi connectivity index (χ2n) is 5.97. The fraction of sp³-hybridized carbons (Fsp3) is 0.312. The Morgan fingerprint density at radius 1 is 1.44 bits per heavy atom. The van der Waals surface area contributed by atoms with Crippen molar-refractivity contribution in [2.24, 2.45) is 0 Å². The first-order valence-corrected chi connectivity index (χ1v) is 7.87. The molecule has 4 rings (SSSR count). The Bertz CT molecular complexity index is 874. The number of carbonyl (C=O) groups is 1. The summed E-state index contributed by atoms with van der Waals surface area (Å²) in [6.07, 6.45) is 4.61. The molecule has 1 aliphatic rings. The molecule has 0 aliphatic carbocycles. The predicted octanol–water partition coefficient (Wildman–Crippen LogP) is 0.651. The van der Waals surface area contributed by atoms with Crippen LogP contribution in [0.1, 0.15) is 29.0 Å². The lowest BCUT2D eigenvalue weighted by Crippen LogP contribution is -2.60. The normalized spacial score (nSPS) is 19.7. The molecule has 0 radical (unpaired) electrons. The molecule has 0 aromatic carbocycles. The van der Waals surface area contributed by atoms with Gasteiger partial charge in [0.2, 0.25) is 5.89 Å². The first kappa shape index (κ1) is 15.5. The third kappa shape index (κ3) is 2.89. The summed E-state index contributed by atoms with van der Waals surface area (Å²) in [5, 5.41) is 24.4. The van der Waals surface area contributed by atoms with Gasteiger partial charge in [0.25, 0.3) is 5.91 Å². The Balaban J connectivity index is 1.43. The topological polar surface area (TPSA) is 121 Å². The second-order valence-corrected chi connectivity index (χ2v) is 5.97. The molecule has 1 aliphatic heterocycles. The molecule has 4 heterocycles. The first-order chi connectivity index (χ1) is 12.1. The second kappa shape index (κ2) is 6.10. The van der Waals surface area contributed by atoms with Crippen LogP contribution in [0.4, 0.5) is 0 Å². The highest BCUT2D eigenvalue weighted by Crippen LogP contribution is 2.21. The third-order valence-electron chi connectivity index (χ3n) is 4.31. The molecule has 3 aromatic rings. The maximum absolute atomic E-state index is 12.3. The van der Waals surface area contributed by atoms with Gasteiger partial charge in [-0.15, -0.1) is 0 Å². The minimum Gasteiger partial charge on any atom is -0.448 e. The summed E-state index contributed by atoms with van der Waals surface area (Å²) in [5.74, 6) is 0.150. The molecule has 2 unspecified atom stereocenters. The number of nitrogens with one attached hydrogen (secondary N) is 1. The van der Waals surface area contributed by atoms with E-state index in [1.165, 1.54) is 6.26 Å². The number of aliphatic hydroxyl groups excluding tert-OH is 1. The van der Waals surface area contributed by atoms with Gasteiger partial charge in [-0.2, -0.15) is 15.3 Å². The summed E-state index contributed by atoms with van der Waals surface area (Å²) < 4.78 is 5.37. The lowest BCUT2D eigenvalue weighted by molar-refractivity contribution is -0.0360. The summed E-state index contributed by atoms with van der Waals surface area (Å²) in [7, 11) is 0. The number of aromatic amines is 1. The number of amides is 1. The molecule has 1 saturated heterocycles. The molecule has 0 spiro atoms. The van der Waals surface area contributed by atoms with E-state index in [1.807, 2.05) is 12.1 Å². The number of nitrogens with zero attached hydrogens (tertiary/aromatic N) is 5. The van der Waals surface area contributed by atoms with Crippen LogP contribution in [0, 0.1) is 0 Å². The largest absolute Gasteiger partial charge is 0.448 e. The SMILES string of the molecule is CC1C(O)CN1C(=O)c1coc(Cc2ccc(-c3cn[nH]c3)nn2)n1. The van der Waals surface area contributed by atoms with Crippen LogP contribution in [-0.2, 0) is 6.42 Å². The van der Waals surface area contributed by atoms with Crippen molar-refractivity contribution in [1.82, 2.24) is 30.3 Å². The zero-order valence-electron chi connectivity index (χ0n) is 13.5. The van der Waals surface area contributed by atoms with Crippen molar-refractivity contribution >= 4 is 5.91 Å². The first-order valence-electron chi connectivity index (χ1n) is 7.87. The van der Waals surface area contributed by atoms with Crippen molar-refractivity contribution in [2.45, 2.75) is 25.5 Å². The Morgan fingerprint density at radius 3 is 2.96 bits per heavy atom. The number of hydrogen-bond acceptors (Lipinski definition) is 7. The average molecular weight is 340 g/mol. The van der Waals surface area contributed by atoms with Gasteiger partial charge in [-0.3, -0.25) is 9.89 Å². The van der Waals surface area contributed by atoms with Crippen molar-refractivity contribution in [1.29, 1.82) is 0 Å². The zero-order valence-corrected chi connectivity index (χ0v) is 13.5. The number of likely N-dealkylation sites (tertiary alicyclic amines) is 1. The van der Waals surface area contributed by atoms with Gasteiger partial charge in [-0.05, 0) is 19.1 Å². The molecule has 2 atom stereocenters. The number of β-amino-alcohol motifs (C(OH)–C–C–N with tert-alkyl or cyclic N) is 1. The maximum atomic E-state index is 12.3. The highest BCUT2D eigenvalue weighted by Gasteiger charge is 2.38. The number of carbonyl (C=O) groups excluding carboxylic acids is 1. The molecule has 2 N–H and O–H groups in total. The molecule has 9 nitrogen and oxygen atoms in total. The Kier molecular flexibility index (Phi) is 3.77. The monoisotopic (exact) mass is 340 g/mol. The molecule has 0 bridgehead atoms. The van der Waals surface area contributed by atoms with Crippen LogP contribution in [0.15, 0.2) is 35.2 Å². The molecule has 1 amide bonds. The van der Waals surface area contributed by atoms with Gasteiger partial charge in [0.05, 0.1) is 36.2 Å². The van der Waals surface area contributed by atoms with E-state index in [9.17, 15) is 9.90 Å². The van der Waals surface area contributed by atoms with Crippen LogP contribution in [0.2, 0.25) is 0 Å². The summed E-state index contributed by atoms with van der Waals surface area (Å²) in [4.78, 5) is 18.1. The van der Waals surface area contributed by atoms with Crippen LogP contribution in [-0.4, -0.2) is 60.0 Å². The number of H-pyrrole nitrogens is 1. The molecular weight excluding hydrogens is 324 g/mol. The van der Waals surface area contributed by atoms with Crippen LogP contribution in [0.3, 0.4) is 0 Å². The highest BCUT2D eigenvalue weighted by molar-refractivity contribution is 5.92. The Hall–Kier alpha value is -3.07. The van der Waals surface area contributed by atoms with Gasteiger partial charge in [-0.25, -0.2) is 4.98 Å². The Labute approximate surface area is 142 Å². The lowest BCUT2D eigenvalue weighted by atomic mass is 10.0. The van der Waals surface area contributed by atoms with E-state index >= 15 is 0 Å². The van der Waals surface area contributed by atoms with Crippen LogP contribution in [0.25, 0.3) is 11.3 Å². The predicted molar refractivity (Wildman–Crippen MR) is 85.4 cm³/mol. The van der Waals surface area contributed by atoms with E-state index in [1.54, 1.807) is 24.2 Å². The quantitative estimate of drug-likeness (QED) is 0.715. The van der Waals surface area contributed by atoms with E-state index in [0.29, 0.717) is 30.2 Å². The highest BCUT2D eigenvalue weighted by atomic mass is 16.3. The van der Waals surface area contributed by atoms with Gasteiger partial charge < -0.3 is 14.4 Å². The van der Waals surface area contributed by atoms with E-state index in [0.717, 1.165) is 5.56 Å². The summed E-state index contributed by atoms with van der Waals surface area (Å²) >= 11 is 0. The molecule has 25 heavy (non-hydrogen) atoms. The maximum Gasteiger partial charge on any atom is 0.276 e. The molecule has 0 saturated carbocycles. The van der Waals surface area contributed by atoms with Gasteiger partial charge in [0.15, 0.2) is 5.69 Å². The summed E-state index contributed by atoms with van der Waals surface area (Å²) in [6.45, 7) is 2.12. The van der Waals surface area contributed by atoms with Crippen molar-refractivity contribution in [3.05, 3.63) is 48.1 Å². The van der Waals surface area contributed by atoms with Crippen LogP contribution >= 0.6 is 0 Å². The Morgan fingerprint density at radius 2 is 2.32 bits per heavy atom. The molecule has 9 heteroatoms. The fourth-order valence-corrected chi connectivity index (χ4v) is 2.65. The van der Waals surface area contributed by atoms with Gasteiger partial charge in [0, 0.05) is 18.3 Å². The lowest BCUT2D eigenvalue weighted by Gasteiger charge is -2.42. The van der Waals surface area contributed by atoms with Crippen LogP contribution < -0.4 is 0 Å². The van der Waals surface area contributed by atoms with E-state index in [4.69, 9.17) is 4.42 Å². The van der Waals surface area contributed by atoms with E-state index < -0.39 is 6.10 Å². The number of oxazole rings is 1. The fourth-order valence-electron chi connectivity index (χ4n) is 2.65. The summed E-state index contributed by atoms with van der Waals surface area (Å²) in [6, 6.07) is 3.47. The molecule has 1 fully saturated rings.